The van der Waals surface area contributed by atoms with Crippen molar-refractivity contribution in [2.75, 3.05) is 13.2 Å². The number of ether oxygens (including phenoxy) is 2. The first kappa shape index (κ1) is 17.8. The second kappa shape index (κ2) is 7.64. The third-order valence-corrected chi connectivity index (χ3v) is 5.45. The van der Waals surface area contributed by atoms with Gasteiger partial charge in [0.2, 0.25) is 0 Å². The highest BCUT2D eigenvalue weighted by Crippen LogP contribution is 2.33. The molecule has 6 heteroatoms. The average Bonchev–Trinajstić information content (AvgIpc) is 2.77. The highest BCUT2D eigenvalue weighted by Gasteiger charge is 2.39. The van der Waals surface area contributed by atoms with Crippen molar-refractivity contribution in [2.45, 2.75) is 25.1 Å². The molecule has 0 radical (unpaired) electrons. The quantitative estimate of drug-likeness (QED) is 0.684. The van der Waals surface area contributed by atoms with Crippen molar-refractivity contribution in [1.82, 2.24) is 14.9 Å². The molecule has 2 aromatic carbocycles. The molecule has 146 valence electrons. The van der Waals surface area contributed by atoms with Gasteiger partial charge in [-0.1, -0.05) is 42.5 Å². The van der Waals surface area contributed by atoms with Crippen molar-refractivity contribution in [3.63, 3.8) is 0 Å². The van der Waals surface area contributed by atoms with Gasteiger partial charge in [0.15, 0.2) is 0 Å². The maximum absolute atomic E-state index is 12.8. The third kappa shape index (κ3) is 3.59. The van der Waals surface area contributed by atoms with E-state index in [1.165, 1.54) is 5.57 Å². The van der Waals surface area contributed by atoms with Crippen molar-refractivity contribution in [2.24, 2.45) is 0 Å². The van der Waals surface area contributed by atoms with Crippen LogP contribution in [0.25, 0.3) is 16.6 Å². The fourth-order valence-corrected chi connectivity index (χ4v) is 4.05. The number of carbonyl (C=O) groups is 1. The minimum Gasteiger partial charge on any atom is -0.445 e. The van der Waals surface area contributed by atoms with Crippen molar-refractivity contribution < 1.29 is 14.3 Å². The molecule has 0 N–H and O–H groups in total. The highest BCUT2D eigenvalue weighted by molar-refractivity contribution is 5.81. The van der Waals surface area contributed by atoms with Crippen LogP contribution in [0.5, 0.6) is 0 Å². The van der Waals surface area contributed by atoms with E-state index in [4.69, 9.17) is 9.47 Å². The zero-order valence-corrected chi connectivity index (χ0v) is 15.9. The van der Waals surface area contributed by atoms with E-state index in [1.54, 1.807) is 12.4 Å². The molecular weight excluding hydrogens is 366 g/mol. The van der Waals surface area contributed by atoms with Crippen LogP contribution in [-0.2, 0) is 16.1 Å². The molecule has 0 spiro atoms. The number of nitrogens with zero attached hydrogens (tertiary/aromatic N) is 3. The first-order chi connectivity index (χ1) is 14.3. The molecule has 1 amide bonds. The van der Waals surface area contributed by atoms with E-state index < -0.39 is 0 Å². The van der Waals surface area contributed by atoms with Crippen LogP contribution in [0.1, 0.15) is 17.5 Å². The minimum absolute atomic E-state index is 0.0328. The van der Waals surface area contributed by atoms with Gasteiger partial charge < -0.3 is 9.47 Å². The minimum atomic E-state index is -0.285. The summed E-state index contributed by atoms with van der Waals surface area (Å²) in [6.07, 6.45) is 5.96. The molecular formula is C23H21N3O3. The lowest BCUT2D eigenvalue weighted by atomic mass is 9.90. The molecule has 2 aliphatic heterocycles. The van der Waals surface area contributed by atoms with E-state index in [0.717, 1.165) is 28.6 Å². The van der Waals surface area contributed by atoms with Gasteiger partial charge in [0, 0.05) is 12.4 Å². The summed E-state index contributed by atoms with van der Waals surface area (Å²) in [6.45, 7) is 1.27. The Hall–Kier alpha value is -3.25. The van der Waals surface area contributed by atoms with Crippen LogP contribution < -0.4 is 0 Å². The Morgan fingerprint density at radius 1 is 1.07 bits per heavy atom. The normalized spacial score (nSPS) is 21.0. The van der Waals surface area contributed by atoms with Gasteiger partial charge >= 0.3 is 6.09 Å². The van der Waals surface area contributed by atoms with Crippen LogP contribution in [-0.4, -0.2) is 46.3 Å². The largest absolute Gasteiger partial charge is 0.445 e. The number of morpholine rings is 1. The summed E-state index contributed by atoms with van der Waals surface area (Å²) >= 11 is 0. The summed E-state index contributed by atoms with van der Waals surface area (Å²) in [6, 6.07) is 15.7. The van der Waals surface area contributed by atoms with Gasteiger partial charge in [-0.3, -0.25) is 14.9 Å². The van der Waals surface area contributed by atoms with E-state index in [9.17, 15) is 4.79 Å². The van der Waals surface area contributed by atoms with Crippen LogP contribution in [0.15, 0.2) is 67.0 Å². The monoisotopic (exact) mass is 387 g/mol. The van der Waals surface area contributed by atoms with Gasteiger partial charge in [0.05, 0.1) is 36.3 Å². The number of hydrogen-bond donors (Lipinski definition) is 0. The van der Waals surface area contributed by atoms with Crippen LogP contribution in [0.3, 0.4) is 0 Å². The van der Waals surface area contributed by atoms with Crippen molar-refractivity contribution >= 4 is 22.7 Å². The SMILES string of the molecule is O=C(OCc1ccccc1)N1C2C=C(c3ccc4nccnc4c3)CC1COC2. The maximum Gasteiger partial charge on any atom is 0.411 e. The highest BCUT2D eigenvalue weighted by atomic mass is 16.6. The Morgan fingerprint density at radius 2 is 1.90 bits per heavy atom. The zero-order chi connectivity index (χ0) is 19.6. The van der Waals surface area contributed by atoms with Crippen molar-refractivity contribution in [1.29, 1.82) is 0 Å². The third-order valence-electron chi connectivity index (χ3n) is 5.45. The van der Waals surface area contributed by atoms with Crippen LogP contribution in [0, 0.1) is 0 Å². The number of benzene rings is 2. The van der Waals surface area contributed by atoms with Gasteiger partial charge in [0.1, 0.15) is 6.61 Å². The van der Waals surface area contributed by atoms with E-state index in [1.807, 2.05) is 41.3 Å². The summed E-state index contributed by atoms with van der Waals surface area (Å²) in [5, 5.41) is 0. The van der Waals surface area contributed by atoms with E-state index in [-0.39, 0.29) is 24.8 Å². The first-order valence-electron chi connectivity index (χ1n) is 9.76. The summed E-state index contributed by atoms with van der Waals surface area (Å²) in [5.74, 6) is 0. The molecule has 0 saturated carbocycles. The second-order valence-corrected chi connectivity index (χ2v) is 7.36. The summed E-state index contributed by atoms with van der Waals surface area (Å²) in [4.78, 5) is 23.4. The number of aromatic nitrogens is 2. The molecule has 1 fully saturated rings. The molecule has 3 heterocycles. The number of amides is 1. The Balaban J connectivity index is 1.36. The summed E-state index contributed by atoms with van der Waals surface area (Å²) in [5.41, 5.74) is 5.06. The molecule has 2 atom stereocenters. The van der Waals surface area contributed by atoms with E-state index in [0.29, 0.717) is 13.2 Å². The number of rotatable bonds is 3. The number of carbonyl (C=O) groups excluding carboxylic acids is 1. The van der Waals surface area contributed by atoms with Gasteiger partial charge in [0.25, 0.3) is 0 Å². The van der Waals surface area contributed by atoms with E-state index in [2.05, 4.69) is 28.2 Å². The predicted molar refractivity (Wildman–Crippen MR) is 109 cm³/mol. The van der Waals surface area contributed by atoms with Crippen LogP contribution >= 0.6 is 0 Å². The van der Waals surface area contributed by atoms with Gasteiger partial charge in [-0.15, -0.1) is 0 Å². The van der Waals surface area contributed by atoms with Crippen LogP contribution in [0.2, 0.25) is 0 Å². The smallest absolute Gasteiger partial charge is 0.411 e. The summed E-state index contributed by atoms with van der Waals surface area (Å²) in [7, 11) is 0. The van der Waals surface area contributed by atoms with Crippen molar-refractivity contribution in [3.05, 3.63) is 78.1 Å². The summed E-state index contributed by atoms with van der Waals surface area (Å²) < 4.78 is 11.3. The van der Waals surface area contributed by atoms with Crippen LogP contribution in [0.4, 0.5) is 4.79 Å². The molecule has 2 bridgehead atoms. The molecule has 5 rings (SSSR count). The lowest BCUT2D eigenvalue weighted by Crippen LogP contribution is -2.56. The molecule has 1 saturated heterocycles. The molecule has 1 aromatic heterocycles. The zero-order valence-electron chi connectivity index (χ0n) is 15.9. The molecule has 2 aliphatic rings. The maximum atomic E-state index is 12.8. The number of hydrogen-bond acceptors (Lipinski definition) is 5. The second-order valence-electron chi connectivity index (χ2n) is 7.36. The Morgan fingerprint density at radius 3 is 2.72 bits per heavy atom. The van der Waals surface area contributed by atoms with Crippen molar-refractivity contribution in [3.8, 4) is 0 Å². The van der Waals surface area contributed by atoms with E-state index >= 15 is 0 Å². The predicted octanol–water partition coefficient (Wildman–Crippen LogP) is 3.82. The molecule has 29 heavy (non-hydrogen) atoms. The Kier molecular flexibility index (Phi) is 4.69. The lowest BCUT2D eigenvalue weighted by Gasteiger charge is -2.43. The molecule has 2 unspecified atom stereocenters. The standard InChI is InChI=1S/C23H21N3O3/c27-23(29-13-16-4-2-1-3-5-16)26-19-10-18(11-20(26)15-28-14-19)17-6-7-21-22(12-17)25-9-8-24-21/h1-10,12,19-20H,11,13-15H2. The Labute approximate surface area is 168 Å². The lowest BCUT2D eigenvalue weighted by molar-refractivity contribution is -0.0342. The first-order valence-corrected chi connectivity index (χ1v) is 9.76. The molecule has 6 nitrogen and oxygen atoms in total. The fourth-order valence-electron chi connectivity index (χ4n) is 4.05. The van der Waals surface area contributed by atoms with Gasteiger partial charge in [-0.25, -0.2) is 4.79 Å². The molecule has 0 aliphatic carbocycles. The number of fused-ring (bicyclic) bond motifs is 3. The topological polar surface area (TPSA) is 64.5 Å². The Bertz CT molecular complexity index is 1070. The van der Waals surface area contributed by atoms with Gasteiger partial charge in [-0.2, -0.15) is 0 Å². The molecule has 3 aromatic rings. The fraction of sp³-hybridized carbons (Fsp3) is 0.261. The van der Waals surface area contributed by atoms with Gasteiger partial charge in [-0.05, 0) is 35.3 Å². The average molecular weight is 387 g/mol.